The maximum atomic E-state index is 5.38. The van der Waals surface area contributed by atoms with Crippen molar-refractivity contribution >= 4 is 11.6 Å². The van der Waals surface area contributed by atoms with E-state index in [4.69, 9.17) is 15.9 Å². The number of furan rings is 1. The number of hydrogen-bond acceptors (Lipinski definition) is 3. The van der Waals surface area contributed by atoms with Crippen molar-refractivity contribution in [3.8, 4) is 0 Å². The fourth-order valence-corrected chi connectivity index (χ4v) is 0.473. The molecule has 0 aliphatic rings. The molecule has 0 aliphatic carbocycles. The van der Waals surface area contributed by atoms with Gasteiger partial charge in [0, 0.05) is 5.56 Å². The summed E-state index contributed by atoms with van der Waals surface area (Å²) in [6, 6.07) is 0. The summed E-state index contributed by atoms with van der Waals surface area (Å²) in [6.45, 7) is 1.84. The lowest BCUT2D eigenvalue weighted by Gasteiger charge is -1.84. The molecule has 0 atom stereocenters. The molecule has 1 heterocycles. The lowest BCUT2D eigenvalue weighted by Crippen LogP contribution is -1.90. The molecule has 0 bridgehead atoms. The molecule has 1 aromatic heterocycles. The summed E-state index contributed by atoms with van der Waals surface area (Å²) in [5.74, 6) is 0.308. The van der Waals surface area contributed by atoms with E-state index in [-0.39, 0.29) is 0 Å². The fraction of sp³-hybridized carbons (Fsp3) is 0.200. The summed E-state index contributed by atoms with van der Waals surface area (Å²) in [4.78, 5) is 0. The van der Waals surface area contributed by atoms with Crippen LogP contribution in [-0.2, 0) is 0 Å². The molecule has 0 saturated carbocycles. The molecule has 0 amide bonds. The predicted octanol–water partition coefficient (Wildman–Crippen LogP) is 0.752. The van der Waals surface area contributed by atoms with Gasteiger partial charge in [-0.3, -0.25) is 0 Å². The van der Waals surface area contributed by atoms with Crippen LogP contribution in [0, 0.1) is 6.92 Å². The normalized spacial score (nSPS) is 9.62. The first-order valence-corrected chi connectivity index (χ1v) is 2.31. The standard InChI is InChI=1S/C5H8N2O/c1-3-2-8-5(7)4(3)6/h2H,6-7H2,1H3. The summed E-state index contributed by atoms with van der Waals surface area (Å²) in [5.41, 5.74) is 12.1. The molecule has 0 saturated heterocycles. The average Bonchev–Trinajstić information content (AvgIpc) is 1.98. The third-order valence-corrected chi connectivity index (χ3v) is 1.05. The minimum atomic E-state index is 0.308. The Kier molecular flexibility index (Phi) is 0.901. The van der Waals surface area contributed by atoms with Gasteiger partial charge in [0.2, 0.25) is 5.88 Å². The van der Waals surface area contributed by atoms with Crippen LogP contribution in [0.3, 0.4) is 0 Å². The minimum Gasteiger partial charge on any atom is -0.447 e. The van der Waals surface area contributed by atoms with Gasteiger partial charge < -0.3 is 15.9 Å². The highest BCUT2D eigenvalue weighted by Gasteiger charge is 1.99. The Morgan fingerprint density at radius 1 is 1.50 bits per heavy atom. The third kappa shape index (κ3) is 0.521. The molecule has 0 radical (unpaired) electrons. The Labute approximate surface area is 47.3 Å². The second-order valence-electron chi connectivity index (χ2n) is 1.70. The number of hydrogen-bond donors (Lipinski definition) is 2. The van der Waals surface area contributed by atoms with Gasteiger partial charge in [0.05, 0.1) is 12.0 Å². The molecule has 0 aromatic carbocycles. The van der Waals surface area contributed by atoms with Crippen molar-refractivity contribution < 1.29 is 4.42 Å². The van der Waals surface area contributed by atoms with Crippen molar-refractivity contribution in [2.75, 3.05) is 11.5 Å². The molecule has 0 spiro atoms. The van der Waals surface area contributed by atoms with Crippen LogP contribution in [0.1, 0.15) is 5.56 Å². The van der Waals surface area contributed by atoms with E-state index in [0.717, 1.165) is 5.56 Å². The molecule has 44 valence electrons. The largest absolute Gasteiger partial charge is 0.447 e. The Morgan fingerprint density at radius 2 is 2.12 bits per heavy atom. The first-order chi connectivity index (χ1) is 3.72. The van der Waals surface area contributed by atoms with Gasteiger partial charge in [-0.15, -0.1) is 0 Å². The third-order valence-electron chi connectivity index (χ3n) is 1.05. The van der Waals surface area contributed by atoms with Crippen LogP contribution in [0.5, 0.6) is 0 Å². The SMILES string of the molecule is Cc1coc(N)c1N. The molecular weight excluding hydrogens is 104 g/mol. The molecule has 0 unspecified atom stereocenters. The monoisotopic (exact) mass is 112 g/mol. The number of aryl methyl sites for hydroxylation is 1. The zero-order chi connectivity index (χ0) is 6.15. The van der Waals surface area contributed by atoms with E-state index in [9.17, 15) is 0 Å². The predicted molar refractivity (Wildman–Crippen MR) is 32.3 cm³/mol. The molecule has 1 aromatic rings. The van der Waals surface area contributed by atoms with Gasteiger partial charge in [-0.05, 0) is 6.92 Å². The Morgan fingerprint density at radius 3 is 2.25 bits per heavy atom. The molecular formula is C5H8N2O. The molecule has 3 heteroatoms. The Balaban J connectivity index is 3.19. The molecule has 8 heavy (non-hydrogen) atoms. The minimum absolute atomic E-state index is 0.308. The highest BCUT2D eigenvalue weighted by Crippen LogP contribution is 2.19. The average molecular weight is 112 g/mol. The van der Waals surface area contributed by atoms with Gasteiger partial charge in [-0.1, -0.05) is 0 Å². The summed E-state index contributed by atoms with van der Waals surface area (Å²) in [7, 11) is 0. The zero-order valence-corrected chi connectivity index (χ0v) is 4.64. The second-order valence-corrected chi connectivity index (χ2v) is 1.70. The quantitative estimate of drug-likeness (QED) is 0.520. The van der Waals surface area contributed by atoms with Crippen LogP contribution in [0.25, 0.3) is 0 Å². The van der Waals surface area contributed by atoms with Crippen LogP contribution in [0.15, 0.2) is 10.7 Å². The van der Waals surface area contributed by atoms with Gasteiger partial charge >= 0.3 is 0 Å². The molecule has 4 N–H and O–H groups in total. The first kappa shape index (κ1) is 5.03. The van der Waals surface area contributed by atoms with Crippen LogP contribution in [-0.4, -0.2) is 0 Å². The maximum Gasteiger partial charge on any atom is 0.213 e. The zero-order valence-electron chi connectivity index (χ0n) is 4.64. The van der Waals surface area contributed by atoms with E-state index >= 15 is 0 Å². The van der Waals surface area contributed by atoms with E-state index in [0.29, 0.717) is 11.6 Å². The van der Waals surface area contributed by atoms with E-state index in [1.165, 1.54) is 6.26 Å². The van der Waals surface area contributed by atoms with E-state index in [2.05, 4.69) is 0 Å². The van der Waals surface area contributed by atoms with Gasteiger partial charge in [-0.2, -0.15) is 0 Å². The van der Waals surface area contributed by atoms with Crippen LogP contribution in [0.4, 0.5) is 11.6 Å². The molecule has 1 rings (SSSR count). The molecule has 0 aliphatic heterocycles. The smallest absolute Gasteiger partial charge is 0.213 e. The Hall–Kier alpha value is -1.12. The number of anilines is 2. The van der Waals surface area contributed by atoms with E-state index in [1.54, 1.807) is 0 Å². The van der Waals surface area contributed by atoms with Crippen LogP contribution in [0.2, 0.25) is 0 Å². The van der Waals surface area contributed by atoms with Crippen molar-refractivity contribution in [2.24, 2.45) is 0 Å². The second kappa shape index (κ2) is 1.43. The maximum absolute atomic E-state index is 5.38. The van der Waals surface area contributed by atoms with Crippen LogP contribution < -0.4 is 11.5 Å². The summed E-state index contributed by atoms with van der Waals surface area (Å²) in [6.07, 6.45) is 1.53. The highest BCUT2D eigenvalue weighted by molar-refractivity contribution is 5.60. The number of rotatable bonds is 0. The van der Waals surface area contributed by atoms with Gasteiger partial charge in [0.15, 0.2) is 0 Å². The van der Waals surface area contributed by atoms with Gasteiger partial charge in [0.1, 0.15) is 0 Å². The number of nitrogens with two attached hydrogens (primary N) is 2. The fourth-order valence-electron chi connectivity index (χ4n) is 0.473. The van der Waals surface area contributed by atoms with Crippen molar-refractivity contribution in [3.63, 3.8) is 0 Å². The van der Waals surface area contributed by atoms with E-state index in [1.807, 2.05) is 6.92 Å². The lowest BCUT2D eigenvalue weighted by molar-refractivity contribution is 0.586. The summed E-state index contributed by atoms with van der Waals surface area (Å²) < 4.78 is 4.75. The van der Waals surface area contributed by atoms with Gasteiger partial charge in [-0.25, -0.2) is 0 Å². The lowest BCUT2D eigenvalue weighted by atomic mass is 10.3. The summed E-state index contributed by atoms with van der Waals surface area (Å²) in [5, 5.41) is 0. The van der Waals surface area contributed by atoms with Crippen molar-refractivity contribution in [3.05, 3.63) is 11.8 Å². The molecule has 0 fully saturated rings. The highest BCUT2D eigenvalue weighted by atomic mass is 16.3. The number of nitrogen functional groups attached to an aromatic ring is 2. The van der Waals surface area contributed by atoms with E-state index < -0.39 is 0 Å². The summed E-state index contributed by atoms with van der Waals surface area (Å²) >= 11 is 0. The topological polar surface area (TPSA) is 65.2 Å². The van der Waals surface area contributed by atoms with Gasteiger partial charge in [0.25, 0.3) is 0 Å². The van der Waals surface area contributed by atoms with Crippen molar-refractivity contribution in [2.45, 2.75) is 6.92 Å². The van der Waals surface area contributed by atoms with Crippen molar-refractivity contribution in [1.29, 1.82) is 0 Å². The first-order valence-electron chi connectivity index (χ1n) is 2.31. The molecule has 3 nitrogen and oxygen atoms in total. The van der Waals surface area contributed by atoms with Crippen molar-refractivity contribution in [1.82, 2.24) is 0 Å². The van der Waals surface area contributed by atoms with Crippen LogP contribution >= 0.6 is 0 Å². The Bertz CT molecular complexity index is 173.